The Morgan fingerprint density at radius 1 is 0.933 bits per heavy atom. The Balaban J connectivity index is 1.40. The second-order valence-corrected chi connectivity index (χ2v) is 8.72. The van der Waals surface area contributed by atoms with E-state index in [1.54, 1.807) is 6.07 Å². The molecule has 0 atom stereocenters. The van der Waals surface area contributed by atoms with Crippen molar-refractivity contribution in [2.24, 2.45) is 5.92 Å². The van der Waals surface area contributed by atoms with Gasteiger partial charge in [0.25, 0.3) is 0 Å². The number of benzene rings is 2. The minimum atomic E-state index is -4.65. The van der Waals surface area contributed by atoms with E-state index in [2.05, 4.69) is 42.0 Å². The lowest BCUT2D eigenvalue weighted by Gasteiger charge is -2.28. The molecule has 0 heterocycles. The van der Waals surface area contributed by atoms with Crippen LogP contribution in [0, 0.1) is 5.92 Å². The van der Waals surface area contributed by atoms with E-state index in [-0.39, 0.29) is 5.75 Å². The van der Waals surface area contributed by atoms with Crippen LogP contribution in [0.15, 0.2) is 48.5 Å². The first kappa shape index (κ1) is 21.0. The predicted octanol–water partition coefficient (Wildman–Crippen LogP) is 7.84. The van der Waals surface area contributed by atoms with E-state index >= 15 is 0 Å². The summed E-state index contributed by atoms with van der Waals surface area (Å²) >= 11 is 0. The summed E-state index contributed by atoms with van der Waals surface area (Å²) in [6, 6.07) is 13.7. The fraction of sp³-hybridized carbons (Fsp3) is 0.462. The van der Waals surface area contributed by atoms with E-state index in [4.69, 9.17) is 0 Å². The Morgan fingerprint density at radius 2 is 1.67 bits per heavy atom. The minimum absolute atomic E-state index is 0.142. The summed E-state index contributed by atoms with van der Waals surface area (Å²) in [5, 5.41) is 0. The molecule has 0 amide bonds. The van der Waals surface area contributed by atoms with E-state index in [0.29, 0.717) is 12.3 Å². The molecule has 1 fully saturated rings. The summed E-state index contributed by atoms with van der Waals surface area (Å²) in [6.07, 6.45) is 6.79. The summed E-state index contributed by atoms with van der Waals surface area (Å²) in [7, 11) is 0. The highest BCUT2D eigenvalue weighted by Crippen LogP contribution is 2.38. The third kappa shape index (κ3) is 5.08. The number of hydrogen-bond acceptors (Lipinski definition) is 1. The van der Waals surface area contributed by atoms with Gasteiger partial charge in [-0.2, -0.15) is 0 Å². The molecule has 0 spiro atoms. The highest BCUT2D eigenvalue weighted by Gasteiger charge is 2.31. The molecule has 0 unspecified atom stereocenters. The van der Waals surface area contributed by atoms with Crippen LogP contribution >= 0.6 is 0 Å². The molecule has 0 bridgehead atoms. The molecule has 0 N–H and O–H groups in total. The largest absolute Gasteiger partial charge is 0.573 e. The molecule has 2 aliphatic rings. The van der Waals surface area contributed by atoms with Crippen molar-refractivity contribution in [1.82, 2.24) is 0 Å². The van der Waals surface area contributed by atoms with Crippen molar-refractivity contribution in [2.45, 2.75) is 70.6 Å². The van der Waals surface area contributed by atoms with Crippen LogP contribution in [0.1, 0.15) is 73.6 Å². The van der Waals surface area contributed by atoms with Crippen LogP contribution in [0.4, 0.5) is 13.2 Å². The molecule has 2 aromatic carbocycles. The van der Waals surface area contributed by atoms with Gasteiger partial charge in [0, 0.05) is 0 Å². The molecule has 30 heavy (non-hydrogen) atoms. The second kappa shape index (κ2) is 8.87. The number of allylic oxidation sites excluding steroid dienone is 2. The predicted molar refractivity (Wildman–Crippen MR) is 115 cm³/mol. The lowest BCUT2D eigenvalue weighted by molar-refractivity contribution is -0.274. The number of alkyl halides is 3. The van der Waals surface area contributed by atoms with Gasteiger partial charge < -0.3 is 4.74 Å². The molecule has 2 aromatic rings. The molecule has 1 saturated carbocycles. The molecule has 0 aromatic heterocycles. The smallest absolute Gasteiger partial charge is 0.406 e. The maximum absolute atomic E-state index is 12.4. The van der Waals surface area contributed by atoms with Crippen molar-refractivity contribution in [2.75, 3.05) is 0 Å². The first-order chi connectivity index (χ1) is 14.4. The fourth-order valence-electron chi connectivity index (χ4n) is 5.05. The van der Waals surface area contributed by atoms with Crippen molar-refractivity contribution in [3.05, 3.63) is 70.8 Å². The van der Waals surface area contributed by atoms with Gasteiger partial charge in [0.1, 0.15) is 5.75 Å². The Hall–Kier alpha value is -2.23. The summed E-state index contributed by atoms with van der Waals surface area (Å²) in [4.78, 5) is 0. The van der Waals surface area contributed by atoms with E-state index < -0.39 is 6.36 Å². The molecule has 4 rings (SSSR count). The van der Waals surface area contributed by atoms with Crippen molar-refractivity contribution in [1.29, 1.82) is 0 Å². The van der Waals surface area contributed by atoms with Crippen LogP contribution in [0.3, 0.4) is 0 Å². The van der Waals surface area contributed by atoms with Crippen LogP contribution < -0.4 is 4.74 Å². The number of fused-ring (bicyclic) bond motifs is 1. The van der Waals surface area contributed by atoms with Crippen molar-refractivity contribution in [3.63, 3.8) is 0 Å². The highest BCUT2D eigenvalue weighted by molar-refractivity contribution is 5.71. The van der Waals surface area contributed by atoms with Crippen LogP contribution in [0.25, 0.3) is 5.57 Å². The van der Waals surface area contributed by atoms with E-state index in [9.17, 15) is 13.2 Å². The van der Waals surface area contributed by atoms with Gasteiger partial charge in [-0.1, -0.05) is 56.2 Å². The van der Waals surface area contributed by atoms with Crippen molar-refractivity contribution in [3.8, 4) is 5.75 Å². The summed E-state index contributed by atoms with van der Waals surface area (Å²) in [6.45, 7) is 2.28. The zero-order valence-electron chi connectivity index (χ0n) is 17.5. The average Bonchev–Trinajstić information content (AvgIpc) is 2.73. The third-order valence-corrected chi connectivity index (χ3v) is 6.66. The molecule has 1 nitrogen and oxygen atoms in total. The topological polar surface area (TPSA) is 9.23 Å². The van der Waals surface area contributed by atoms with Crippen LogP contribution in [0.5, 0.6) is 5.75 Å². The molecule has 0 radical (unpaired) electrons. The minimum Gasteiger partial charge on any atom is -0.406 e. The summed E-state index contributed by atoms with van der Waals surface area (Å²) < 4.78 is 41.4. The zero-order chi connectivity index (χ0) is 21.1. The number of halogens is 3. The van der Waals surface area contributed by atoms with E-state index in [1.165, 1.54) is 67.4 Å². The molecule has 0 aliphatic heterocycles. The maximum atomic E-state index is 12.4. The van der Waals surface area contributed by atoms with Gasteiger partial charge in [0.15, 0.2) is 0 Å². The van der Waals surface area contributed by atoms with Gasteiger partial charge in [-0.3, -0.25) is 0 Å². The average molecular weight is 415 g/mol. The second-order valence-electron chi connectivity index (χ2n) is 8.72. The monoisotopic (exact) mass is 414 g/mol. The standard InChI is InChI=1S/C26H29F3O/c1-2-3-18-4-6-19(7-5-18)20-8-10-21(11-9-20)22-12-13-24-17-25(30-26(27,28)29)15-14-23(24)16-22/h8-12,14-15,17-19H,2-7,13,16H2,1H3. The number of hydrogen-bond donors (Lipinski definition) is 0. The third-order valence-electron chi connectivity index (χ3n) is 6.66. The Bertz CT molecular complexity index is 887. The molecular weight excluding hydrogens is 385 g/mol. The maximum Gasteiger partial charge on any atom is 0.573 e. The van der Waals surface area contributed by atoms with Gasteiger partial charge in [-0.05, 0) is 90.3 Å². The van der Waals surface area contributed by atoms with Crippen molar-refractivity contribution >= 4 is 5.57 Å². The lowest BCUT2D eigenvalue weighted by atomic mass is 9.77. The first-order valence-electron chi connectivity index (χ1n) is 11.1. The van der Waals surface area contributed by atoms with Gasteiger partial charge >= 0.3 is 6.36 Å². The fourth-order valence-corrected chi connectivity index (χ4v) is 5.05. The van der Waals surface area contributed by atoms with E-state index in [0.717, 1.165) is 23.5 Å². The number of ether oxygens (including phenoxy) is 1. The quantitative estimate of drug-likeness (QED) is 0.484. The number of rotatable bonds is 5. The Kier molecular flexibility index (Phi) is 6.21. The van der Waals surface area contributed by atoms with Gasteiger partial charge in [-0.25, -0.2) is 0 Å². The van der Waals surface area contributed by atoms with Gasteiger partial charge in [-0.15, -0.1) is 13.2 Å². The Labute approximate surface area is 177 Å². The Morgan fingerprint density at radius 3 is 2.33 bits per heavy atom. The molecule has 4 heteroatoms. The van der Waals surface area contributed by atoms with Crippen LogP contribution in [0.2, 0.25) is 0 Å². The SMILES string of the molecule is CCCC1CCC(c2ccc(C3=CCc4cc(OC(F)(F)F)ccc4C3)cc2)CC1. The zero-order valence-corrected chi connectivity index (χ0v) is 17.5. The summed E-state index contributed by atoms with van der Waals surface area (Å²) in [5.74, 6) is 1.46. The van der Waals surface area contributed by atoms with Crippen LogP contribution in [-0.4, -0.2) is 6.36 Å². The van der Waals surface area contributed by atoms with E-state index in [1.807, 2.05) is 0 Å². The summed E-state index contributed by atoms with van der Waals surface area (Å²) in [5.41, 5.74) is 5.87. The highest BCUT2D eigenvalue weighted by atomic mass is 19.4. The molecule has 160 valence electrons. The molecular formula is C26H29F3O. The molecule has 0 saturated heterocycles. The normalized spacial score (nSPS) is 21.7. The lowest BCUT2D eigenvalue weighted by Crippen LogP contribution is -2.17. The molecule has 2 aliphatic carbocycles. The van der Waals surface area contributed by atoms with Crippen LogP contribution in [-0.2, 0) is 12.8 Å². The first-order valence-corrected chi connectivity index (χ1v) is 11.1. The van der Waals surface area contributed by atoms with Gasteiger partial charge in [0.2, 0.25) is 0 Å². The van der Waals surface area contributed by atoms with Gasteiger partial charge in [0.05, 0.1) is 0 Å². The van der Waals surface area contributed by atoms with Crippen molar-refractivity contribution < 1.29 is 17.9 Å².